The van der Waals surface area contributed by atoms with Crippen molar-refractivity contribution >= 4 is 35.2 Å². The van der Waals surface area contributed by atoms with Crippen LogP contribution in [0.5, 0.6) is 0 Å². The zero-order valence-electron chi connectivity index (χ0n) is 13.7. The molecule has 0 aliphatic rings. The van der Waals surface area contributed by atoms with Crippen molar-refractivity contribution in [1.82, 2.24) is 0 Å². The van der Waals surface area contributed by atoms with E-state index < -0.39 is 23.8 Å². The molecule has 0 heterocycles. The van der Waals surface area contributed by atoms with Gasteiger partial charge in [0.1, 0.15) is 5.82 Å². The van der Waals surface area contributed by atoms with Crippen molar-refractivity contribution in [1.29, 1.82) is 5.26 Å². The highest BCUT2D eigenvalue weighted by Gasteiger charge is 2.17. The molecule has 0 saturated heterocycles. The van der Waals surface area contributed by atoms with Crippen LogP contribution < -0.4 is 5.32 Å². The fourth-order valence-corrected chi connectivity index (χ4v) is 2.14. The Hall–Kier alpha value is -3.17. The third-order valence-electron chi connectivity index (χ3n) is 3.30. The standard InChI is InChI=1S/C19H14ClFN2O3/c1-12(19(25)23-17-8-7-15(21)10-16(17)20)26-18(24)9-6-13-2-4-14(11-22)5-3-13/h2-10,12H,1H3,(H,23,25)/b9-6+/t12-/m1/s1. The first kappa shape index (κ1) is 19.2. The van der Waals surface area contributed by atoms with Gasteiger partial charge in [-0.2, -0.15) is 5.26 Å². The number of rotatable bonds is 5. The molecule has 1 amide bonds. The number of anilines is 1. The van der Waals surface area contributed by atoms with Gasteiger partial charge in [0.05, 0.1) is 22.3 Å². The number of benzene rings is 2. The number of nitrogens with zero attached hydrogens (tertiary/aromatic N) is 1. The van der Waals surface area contributed by atoms with Gasteiger partial charge in [0.15, 0.2) is 6.10 Å². The number of hydrogen-bond donors (Lipinski definition) is 1. The number of carbonyl (C=O) groups excluding carboxylic acids is 2. The summed E-state index contributed by atoms with van der Waals surface area (Å²) in [4.78, 5) is 23.8. The number of carbonyl (C=O) groups is 2. The Balaban J connectivity index is 1.91. The number of nitrogens with one attached hydrogen (secondary N) is 1. The van der Waals surface area contributed by atoms with Gasteiger partial charge in [-0.1, -0.05) is 23.7 Å². The van der Waals surface area contributed by atoms with Crippen LogP contribution >= 0.6 is 11.6 Å². The maximum atomic E-state index is 13.0. The Morgan fingerprint density at radius 3 is 2.58 bits per heavy atom. The fourth-order valence-electron chi connectivity index (χ4n) is 1.93. The topological polar surface area (TPSA) is 79.2 Å². The zero-order valence-corrected chi connectivity index (χ0v) is 14.5. The molecule has 2 rings (SSSR count). The van der Waals surface area contributed by atoms with Gasteiger partial charge in [-0.25, -0.2) is 9.18 Å². The molecule has 0 saturated carbocycles. The Morgan fingerprint density at radius 1 is 1.27 bits per heavy atom. The van der Waals surface area contributed by atoms with Gasteiger partial charge in [-0.05, 0) is 48.9 Å². The predicted molar refractivity (Wildman–Crippen MR) is 95.8 cm³/mol. The van der Waals surface area contributed by atoms with Gasteiger partial charge in [0.25, 0.3) is 5.91 Å². The van der Waals surface area contributed by atoms with Crippen molar-refractivity contribution in [2.45, 2.75) is 13.0 Å². The minimum Gasteiger partial charge on any atom is -0.449 e. The predicted octanol–water partition coefficient (Wildman–Crippen LogP) is 3.93. The summed E-state index contributed by atoms with van der Waals surface area (Å²) >= 11 is 5.83. The maximum Gasteiger partial charge on any atom is 0.331 e. The van der Waals surface area contributed by atoms with Crippen LogP contribution in [0.3, 0.4) is 0 Å². The summed E-state index contributed by atoms with van der Waals surface area (Å²) in [7, 11) is 0. The molecule has 0 spiro atoms. The first-order valence-corrected chi connectivity index (χ1v) is 7.91. The highest BCUT2D eigenvalue weighted by Crippen LogP contribution is 2.22. The third kappa shape index (κ3) is 5.43. The summed E-state index contributed by atoms with van der Waals surface area (Å²) in [6.07, 6.45) is 1.61. The molecule has 7 heteroatoms. The maximum absolute atomic E-state index is 13.0. The molecule has 0 aromatic heterocycles. The molecule has 0 aliphatic heterocycles. The lowest BCUT2D eigenvalue weighted by atomic mass is 10.1. The summed E-state index contributed by atoms with van der Waals surface area (Å²) in [5.74, 6) is -1.83. The Bertz CT molecular complexity index is 889. The normalized spacial score (nSPS) is 11.6. The Labute approximate surface area is 154 Å². The number of amides is 1. The van der Waals surface area contributed by atoms with E-state index in [1.165, 1.54) is 25.1 Å². The second-order valence-corrected chi connectivity index (χ2v) is 5.67. The van der Waals surface area contributed by atoms with E-state index in [9.17, 15) is 14.0 Å². The molecule has 0 bridgehead atoms. The van der Waals surface area contributed by atoms with E-state index in [2.05, 4.69) is 5.32 Å². The van der Waals surface area contributed by atoms with Crippen LogP contribution in [-0.2, 0) is 14.3 Å². The van der Waals surface area contributed by atoms with Crippen LogP contribution in [0.1, 0.15) is 18.1 Å². The van der Waals surface area contributed by atoms with Crippen molar-refractivity contribution in [2.24, 2.45) is 0 Å². The van der Waals surface area contributed by atoms with Crippen molar-refractivity contribution in [3.05, 3.63) is 70.5 Å². The smallest absolute Gasteiger partial charge is 0.331 e. The van der Waals surface area contributed by atoms with Gasteiger partial charge in [0.2, 0.25) is 0 Å². The summed E-state index contributed by atoms with van der Waals surface area (Å²) in [6.45, 7) is 1.40. The molecule has 0 aliphatic carbocycles. The molecule has 1 atom stereocenters. The fraction of sp³-hybridized carbons (Fsp3) is 0.105. The van der Waals surface area contributed by atoms with Crippen LogP contribution in [0.15, 0.2) is 48.5 Å². The summed E-state index contributed by atoms with van der Waals surface area (Å²) in [6, 6.07) is 12.1. The van der Waals surface area contributed by atoms with Gasteiger partial charge < -0.3 is 10.1 Å². The average Bonchev–Trinajstić information content (AvgIpc) is 2.62. The van der Waals surface area contributed by atoms with E-state index in [1.807, 2.05) is 6.07 Å². The van der Waals surface area contributed by atoms with E-state index in [0.29, 0.717) is 11.1 Å². The van der Waals surface area contributed by atoms with Crippen LogP contribution in [0.4, 0.5) is 10.1 Å². The second-order valence-electron chi connectivity index (χ2n) is 5.26. The Morgan fingerprint density at radius 2 is 1.96 bits per heavy atom. The number of hydrogen-bond acceptors (Lipinski definition) is 4. The number of ether oxygens (including phenoxy) is 1. The van der Waals surface area contributed by atoms with E-state index in [1.54, 1.807) is 24.3 Å². The second kappa shape index (κ2) is 8.79. The van der Waals surface area contributed by atoms with E-state index in [-0.39, 0.29) is 10.7 Å². The first-order valence-electron chi connectivity index (χ1n) is 7.54. The third-order valence-corrected chi connectivity index (χ3v) is 3.62. The molecule has 0 radical (unpaired) electrons. The molecular weight excluding hydrogens is 359 g/mol. The minimum absolute atomic E-state index is 0.0394. The van der Waals surface area contributed by atoms with Gasteiger partial charge in [0, 0.05) is 6.08 Å². The van der Waals surface area contributed by atoms with Crippen molar-refractivity contribution in [2.75, 3.05) is 5.32 Å². The zero-order chi connectivity index (χ0) is 19.1. The van der Waals surface area contributed by atoms with Crippen molar-refractivity contribution in [3.63, 3.8) is 0 Å². The van der Waals surface area contributed by atoms with E-state index in [0.717, 1.165) is 12.1 Å². The lowest BCUT2D eigenvalue weighted by Gasteiger charge is -2.13. The van der Waals surface area contributed by atoms with Crippen LogP contribution in [0, 0.1) is 17.1 Å². The molecule has 2 aromatic rings. The van der Waals surface area contributed by atoms with Gasteiger partial charge in [-0.15, -0.1) is 0 Å². The molecule has 5 nitrogen and oxygen atoms in total. The SMILES string of the molecule is C[C@@H](OC(=O)/C=C/c1ccc(C#N)cc1)C(=O)Nc1ccc(F)cc1Cl. The Kier molecular flexibility index (Phi) is 6.48. The average molecular weight is 373 g/mol. The number of esters is 1. The minimum atomic E-state index is -1.07. The number of nitriles is 1. The molecule has 2 aromatic carbocycles. The summed E-state index contributed by atoms with van der Waals surface area (Å²) in [5.41, 5.74) is 1.43. The summed E-state index contributed by atoms with van der Waals surface area (Å²) in [5, 5.41) is 11.2. The van der Waals surface area contributed by atoms with Crippen LogP contribution in [-0.4, -0.2) is 18.0 Å². The molecule has 132 valence electrons. The molecular formula is C19H14ClFN2O3. The molecule has 1 N–H and O–H groups in total. The van der Waals surface area contributed by atoms with Crippen LogP contribution in [0.2, 0.25) is 5.02 Å². The van der Waals surface area contributed by atoms with Gasteiger partial charge in [-0.3, -0.25) is 4.79 Å². The lowest BCUT2D eigenvalue weighted by Crippen LogP contribution is -2.29. The quantitative estimate of drug-likeness (QED) is 0.637. The highest BCUT2D eigenvalue weighted by molar-refractivity contribution is 6.33. The van der Waals surface area contributed by atoms with Crippen molar-refractivity contribution < 1.29 is 18.7 Å². The lowest BCUT2D eigenvalue weighted by molar-refractivity contribution is -0.148. The molecule has 26 heavy (non-hydrogen) atoms. The molecule has 0 unspecified atom stereocenters. The monoisotopic (exact) mass is 372 g/mol. The van der Waals surface area contributed by atoms with E-state index >= 15 is 0 Å². The first-order chi connectivity index (χ1) is 12.4. The van der Waals surface area contributed by atoms with Crippen molar-refractivity contribution in [3.8, 4) is 6.07 Å². The van der Waals surface area contributed by atoms with Crippen LogP contribution in [0.25, 0.3) is 6.08 Å². The van der Waals surface area contributed by atoms with E-state index in [4.69, 9.17) is 21.6 Å². The largest absolute Gasteiger partial charge is 0.449 e. The van der Waals surface area contributed by atoms with Gasteiger partial charge >= 0.3 is 5.97 Å². The number of halogens is 2. The summed E-state index contributed by atoms with van der Waals surface area (Å²) < 4.78 is 18.0. The highest BCUT2D eigenvalue weighted by atomic mass is 35.5. The molecule has 0 fully saturated rings.